The molecule has 2 amide bonds. The largest absolute Gasteiger partial charge is 0.323 e. The molecule has 3 heterocycles. The normalized spacial score (nSPS) is 18.4. The first kappa shape index (κ1) is 15.0. The van der Waals surface area contributed by atoms with Crippen molar-refractivity contribution < 1.29 is 4.79 Å². The van der Waals surface area contributed by atoms with Crippen LogP contribution in [0.1, 0.15) is 43.7 Å². The van der Waals surface area contributed by atoms with Crippen LogP contribution in [-0.4, -0.2) is 37.5 Å². The van der Waals surface area contributed by atoms with Crippen molar-refractivity contribution in [3.05, 3.63) is 22.8 Å². The second-order valence-electron chi connectivity index (χ2n) is 5.37. The molecule has 1 atom stereocenters. The minimum Gasteiger partial charge on any atom is -0.315 e. The van der Waals surface area contributed by atoms with Crippen LogP contribution in [0.25, 0.3) is 0 Å². The van der Waals surface area contributed by atoms with Crippen molar-refractivity contribution in [3.8, 4) is 0 Å². The highest BCUT2D eigenvalue weighted by Crippen LogP contribution is 2.32. The van der Waals surface area contributed by atoms with Gasteiger partial charge in [0.25, 0.3) is 0 Å². The molecular weight excluding hydrogens is 300 g/mol. The van der Waals surface area contributed by atoms with Gasteiger partial charge in [0.05, 0.1) is 12.2 Å². The zero-order chi connectivity index (χ0) is 15.4. The second-order valence-corrected chi connectivity index (χ2v) is 6.30. The van der Waals surface area contributed by atoms with Crippen LogP contribution < -0.4 is 5.32 Å². The molecule has 0 spiro atoms. The predicted molar refractivity (Wildman–Crippen MR) is 84.7 cm³/mol. The summed E-state index contributed by atoms with van der Waals surface area (Å²) in [6.07, 6.45) is 7.65. The summed E-state index contributed by atoms with van der Waals surface area (Å²) in [7, 11) is 0. The molecule has 1 aliphatic rings. The quantitative estimate of drug-likeness (QED) is 0.940. The molecule has 3 rings (SSSR count). The van der Waals surface area contributed by atoms with Gasteiger partial charge in [-0.25, -0.2) is 9.78 Å². The maximum absolute atomic E-state index is 12.6. The summed E-state index contributed by atoms with van der Waals surface area (Å²) in [6, 6.07) is -0.0529. The number of carbonyl (C=O) groups excluding carboxylic acids is 1. The molecule has 2 aromatic rings. The van der Waals surface area contributed by atoms with Gasteiger partial charge in [0.2, 0.25) is 0 Å². The Labute approximate surface area is 133 Å². The number of nitrogens with one attached hydrogen (secondary N) is 1. The Morgan fingerprint density at radius 2 is 2.41 bits per heavy atom. The zero-order valence-electron chi connectivity index (χ0n) is 12.6. The Morgan fingerprint density at radius 3 is 3.18 bits per heavy atom. The lowest BCUT2D eigenvalue weighted by Crippen LogP contribution is -2.41. The van der Waals surface area contributed by atoms with Crippen molar-refractivity contribution in [2.24, 2.45) is 0 Å². The van der Waals surface area contributed by atoms with Gasteiger partial charge < -0.3 is 4.90 Å². The van der Waals surface area contributed by atoms with Gasteiger partial charge in [-0.05, 0) is 25.7 Å². The van der Waals surface area contributed by atoms with Crippen molar-refractivity contribution in [1.82, 2.24) is 24.9 Å². The minimum atomic E-state index is -0.122. The SMILES string of the molecule is CCCn1cc(NC(=O)N2CCCCC2c2nccs2)nn1. The van der Waals surface area contributed by atoms with Crippen molar-refractivity contribution in [2.45, 2.75) is 45.2 Å². The van der Waals surface area contributed by atoms with E-state index in [9.17, 15) is 4.79 Å². The third-order valence-corrected chi connectivity index (χ3v) is 4.60. The van der Waals surface area contributed by atoms with Crippen LogP contribution in [0.4, 0.5) is 10.6 Å². The van der Waals surface area contributed by atoms with Gasteiger partial charge in [-0.1, -0.05) is 12.1 Å². The Morgan fingerprint density at radius 1 is 1.50 bits per heavy atom. The predicted octanol–water partition coefficient (Wildman–Crippen LogP) is 2.90. The smallest absolute Gasteiger partial charge is 0.315 e. The summed E-state index contributed by atoms with van der Waals surface area (Å²) < 4.78 is 1.74. The minimum absolute atomic E-state index is 0.0689. The van der Waals surface area contributed by atoms with Crippen LogP contribution in [-0.2, 0) is 6.54 Å². The molecule has 1 saturated heterocycles. The number of aryl methyl sites for hydroxylation is 1. The summed E-state index contributed by atoms with van der Waals surface area (Å²) in [5.74, 6) is 0.502. The lowest BCUT2D eigenvalue weighted by molar-refractivity contribution is 0.163. The van der Waals surface area contributed by atoms with Crippen molar-refractivity contribution in [2.75, 3.05) is 11.9 Å². The number of anilines is 1. The van der Waals surface area contributed by atoms with Crippen LogP contribution in [0.5, 0.6) is 0 Å². The summed E-state index contributed by atoms with van der Waals surface area (Å²) in [4.78, 5) is 18.8. The van der Waals surface area contributed by atoms with E-state index in [1.165, 1.54) is 0 Å². The molecule has 1 unspecified atom stereocenters. The van der Waals surface area contributed by atoms with Crippen molar-refractivity contribution >= 4 is 23.2 Å². The van der Waals surface area contributed by atoms with E-state index in [2.05, 4.69) is 27.5 Å². The second kappa shape index (κ2) is 6.87. The van der Waals surface area contributed by atoms with E-state index in [0.717, 1.165) is 43.8 Å². The number of hydrogen-bond acceptors (Lipinski definition) is 5. The van der Waals surface area contributed by atoms with Gasteiger partial charge >= 0.3 is 6.03 Å². The van der Waals surface area contributed by atoms with Gasteiger partial charge in [0, 0.05) is 24.7 Å². The number of aromatic nitrogens is 4. The Hall–Kier alpha value is -1.96. The highest BCUT2D eigenvalue weighted by atomic mass is 32.1. The fourth-order valence-electron chi connectivity index (χ4n) is 2.71. The van der Waals surface area contributed by atoms with Crippen molar-refractivity contribution in [3.63, 3.8) is 0 Å². The maximum atomic E-state index is 12.6. The number of rotatable bonds is 4. The number of piperidine rings is 1. The number of urea groups is 1. The molecule has 0 aliphatic carbocycles. The maximum Gasteiger partial charge on any atom is 0.323 e. The first-order valence-electron chi connectivity index (χ1n) is 7.65. The Kier molecular flexibility index (Phi) is 4.67. The number of hydrogen-bond donors (Lipinski definition) is 1. The van der Waals surface area contributed by atoms with E-state index in [0.29, 0.717) is 5.82 Å². The van der Waals surface area contributed by atoms with E-state index < -0.39 is 0 Å². The van der Waals surface area contributed by atoms with E-state index in [4.69, 9.17) is 0 Å². The van der Waals surface area contributed by atoms with Crippen LogP contribution in [0.3, 0.4) is 0 Å². The topological polar surface area (TPSA) is 75.9 Å². The summed E-state index contributed by atoms with van der Waals surface area (Å²) >= 11 is 1.60. The lowest BCUT2D eigenvalue weighted by atomic mass is 10.0. The molecule has 8 heteroatoms. The van der Waals surface area contributed by atoms with Gasteiger partial charge in [-0.15, -0.1) is 16.4 Å². The standard InChI is InChI=1S/C14H20N6OS/c1-2-7-19-10-12(17-18-19)16-14(21)20-8-4-3-5-11(20)13-15-6-9-22-13/h6,9-11H,2-5,7-8H2,1H3,(H,16,21). The highest BCUT2D eigenvalue weighted by molar-refractivity contribution is 7.09. The van der Waals surface area contributed by atoms with E-state index in [1.807, 2.05) is 10.3 Å². The summed E-state index contributed by atoms with van der Waals surface area (Å²) in [5, 5.41) is 13.8. The van der Waals surface area contributed by atoms with E-state index >= 15 is 0 Å². The molecule has 0 bridgehead atoms. The number of thiazole rings is 1. The number of carbonyl (C=O) groups is 1. The average Bonchev–Trinajstić information content (AvgIpc) is 3.19. The molecule has 0 radical (unpaired) electrons. The first-order chi connectivity index (χ1) is 10.8. The third kappa shape index (κ3) is 3.27. The highest BCUT2D eigenvalue weighted by Gasteiger charge is 2.30. The van der Waals surface area contributed by atoms with Crippen LogP contribution in [0.2, 0.25) is 0 Å². The van der Waals surface area contributed by atoms with Gasteiger partial charge in [-0.3, -0.25) is 10.00 Å². The molecule has 1 fully saturated rings. The Balaban J connectivity index is 1.69. The van der Waals surface area contributed by atoms with Gasteiger partial charge in [-0.2, -0.15) is 0 Å². The van der Waals surface area contributed by atoms with Crippen LogP contribution >= 0.6 is 11.3 Å². The van der Waals surface area contributed by atoms with Gasteiger partial charge in [0.15, 0.2) is 5.82 Å². The molecule has 1 N–H and O–H groups in total. The van der Waals surface area contributed by atoms with Crippen LogP contribution in [0, 0.1) is 0 Å². The molecule has 0 saturated carbocycles. The third-order valence-electron chi connectivity index (χ3n) is 3.73. The lowest BCUT2D eigenvalue weighted by Gasteiger charge is -2.34. The molecule has 1 aliphatic heterocycles. The molecular formula is C14H20N6OS. The van der Waals surface area contributed by atoms with E-state index in [1.54, 1.807) is 28.4 Å². The van der Waals surface area contributed by atoms with Gasteiger partial charge in [0.1, 0.15) is 5.01 Å². The fourth-order valence-corrected chi connectivity index (χ4v) is 3.49. The fraction of sp³-hybridized carbons (Fsp3) is 0.571. The monoisotopic (exact) mass is 320 g/mol. The molecule has 2 aromatic heterocycles. The molecule has 0 aromatic carbocycles. The molecule has 7 nitrogen and oxygen atoms in total. The van der Waals surface area contributed by atoms with Crippen LogP contribution in [0.15, 0.2) is 17.8 Å². The number of amides is 2. The first-order valence-corrected chi connectivity index (χ1v) is 8.53. The Bertz CT molecular complexity index is 611. The summed E-state index contributed by atoms with van der Waals surface area (Å²) in [5.41, 5.74) is 0. The number of nitrogens with zero attached hydrogens (tertiary/aromatic N) is 5. The molecule has 118 valence electrons. The average molecular weight is 320 g/mol. The summed E-state index contributed by atoms with van der Waals surface area (Å²) in [6.45, 7) is 3.62. The zero-order valence-corrected chi connectivity index (χ0v) is 13.4. The number of likely N-dealkylation sites (tertiary alicyclic amines) is 1. The van der Waals surface area contributed by atoms with Crippen molar-refractivity contribution in [1.29, 1.82) is 0 Å². The molecule has 22 heavy (non-hydrogen) atoms. The van der Waals surface area contributed by atoms with E-state index in [-0.39, 0.29) is 12.1 Å².